The van der Waals surface area contributed by atoms with Crippen LogP contribution in [-0.2, 0) is 26.4 Å². The number of carbonyl (C=O) groups is 2. The second-order valence-electron chi connectivity index (χ2n) is 1.57. The van der Waals surface area contributed by atoms with Gasteiger partial charge in [0.1, 0.15) is 0 Å². The molecule has 0 saturated carbocycles. The maximum atomic E-state index is 9.77. The topological polar surface area (TPSA) is 115 Å². The van der Waals surface area contributed by atoms with Gasteiger partial charge in [0.05, 0.1) is 0 Å². The van der Waals surface area contributed by atoms with E-state index in [-0.39, 0.29) is 16.8 Å². The number of hydrogen-bond donors (Lipinski definition) is 4. The third-order valence-electron chi connectivity index (χ3n) is 0.805. The minimum Gasteiger partial charge on any atom is -0.479 e. The van der Waals surface area contributed by atoms with Gasteiger partial charge in [-0.3, -0.25) is 0 Å². The van der Waals surface area contributed by atoms with Crippen LogP contribution in [0.25, 0.3) is 0 Å². The van der Waals surface area contributed by atoms with E-state index < -0.39 is 24.1 Å². The van der Waals surface area contributed by atoms with Crippen molar-refractivity contribution in [2.24, 2.45) is 0 Å². The van der Waals surface area contributed by atoms with Crippen LogP contribution in [0.5, 0.6) is 0 Å². The number of aliphatic hydroxyl groups is 2. The minimum absolute atomic E-state index is 0. The van der Waals surface area contributed by atoms with Gasteiger partial charge in [0.15, 0.2) is 12.2 Å². The van der Waals surface area contributed by atoms with E-state index in [0.717, 1.165) is 0 Å². The van der Waals surface area contributed by atoms with Gasteiger partial charge in [-0.15, -0.1) is 0 Å². The predicted octanol–water partition coefficient (Wildman–Crippen LogP) is -2.13. The summed E-state index contributed by atoms with van der Waals surface area (Å²) < 4.78 is 0. The van der Waals surface area contributed by atoms with Gasteiger partial charge in [-0.05, 0) is 0 Å². The molecule has 67 valence electrons. The SMILES string of the molecule is O=C(O)[C@@H](O)[C@@H](O)C(=O)O.[Co]. The summed E-state index contributed by atoms with van der Waals surface area (Å²) in [5.41, 5.74) is 0. The number of carboxylic acids is 2. The third kappa shape index (κ3) is 3.93. The molecule has 2 atom stereocenters. The van der Waals surface area contributed by atoms with Gasteiger partial charge in [-0.1, -0.05) is 0 Å². The smallest absolute Gasteiger partial charge is 0.335 e. The molecule has 0 fully saturated rings. The van der Waals surface area contributed by atoms with Gasteiger partial charge < -0.3 is 20.4 Å². The summed E-state index contributed by atoms with van der Waals surface area (Å²) in [6, 6.07) is 0. The molecule has 0 heterocycles. The molecule has 6 nitrogen and oxygen atoms in total. The number of aliphatic carboxylic acids is 2. The van der Waals surface area contributed by atoms with Crippen LogP contribution in [0.3, 0.4) is 0 Å². The number of hydrogen-bond acceptors (Lipinski definition) is 4. The maximum absolute atomic E-state index is 9.77. The van der Waals surface area contributed by atoms with Crippen molar-refractivity contribution < 1.29 is 46.8 Å². The fourth-order valence-electron chi connectivity index (χ4n) is 0.270. The standard InChI is InChI=1S/C4H6O6.Co/c5-1(3(7)8)2(6)4(9)10;/h1-2,5-6H,(H,7,8)(H,9,10);/t1-,2+;. The molecule has 0 rings (SSSR count). The van der Waals surface area contributed by atoms with E-state index in [2.05, 4.69) is 0 Å². The minimum atomic E-state index is -2.27. The zero-order valence-electron chi connectivity index (χ0n) is 5.09. The molecule has 7 heteroatoms. The second kappa shape index (κ2) is 5.07. The normalized spacial score (nSPS) is 14.4. The summed E-state index contributed by atoms with van der Waals surface area (Å²) in [7, 11) is 0. The Morgan fingerprint density at radius 3 is 1.18 bits per heavy atom. The van der Waals surface area contributed by atoms with Crippen molar-refractivity contribution in [2.45, 2.75) is 12.2 Å². The molecule has 1 radical (unpaired) electrons. The van der Waals surface area contributed by atoms with E-state index in [4.69, 9.17) is 20.4 Å². The van der Waals surface area contributed by atoms with Crippen molar-refractivity contribution in [1.29, 1.82) is 0 Å². The molecule has 0 aliphatic rings. The van der Waals surface area contributed by atoms with Gasteiger partial charge >= 0.3 is 11.9 Å². The van der Waals surface area contributed by atoms with E-state index in [1.807, 2.05) is 0 Å². The molecule has 0 aliphatic carbocycles. The summed E-state index contributed by atoms with van der Waals surface area (Å²) in [4.78, 5) is 19.5. The summed E-state index contributed by atoms with van der Waals surface area (Å²) in [5.74, 6) is -3.54. The van der Waals surface area contributed by atoms with Crippen LogP contribution in [0.4, 0.5) is 0 Å². The zero-order valence-corrected chi connectivity index (χ0v) is 6.13. The van der Waals surface area contributed by atoms with E-state index in [9.17, 15) is 9.59 Å². The first-order chi connectivity index (χ1) is 4.46. The Morgan fingerprint density at radius 2 is 1.09 bits per heavy atom. The quantitative estimate of drug-likeness (QED) is 0.422. The largest absolute Gasteiger partial charge is 0.479 e. The van der Waals surface area contributed by atoms with Crippen molar-refractivity contribution in [2.75, 3.05) is 0 Å². The average Bonchev–Trinajstić information content (AvgIpc) is 1.84. The summed E-state index contributed by atoms with van der Waals surface area (Å²) in [5, 5.41) is 32.5. The molecule has 0 aromatic carbocycles. The summed E-state index contributed by atoms with van der Waals surface area (Å²) in [6.07, 6.45) is -4.53. The molecule has 0 spiro atoms. The molecule has 11 heavy (non-hydrogen) atoms. The molecule has 0 bridgehead atoms. The monoisotopic (exact) mass is 209 g/mol. The summed E-state index contributed by atoms with van der Waals surface area (Å²) in [6.45, 7) is 0. The number of rotatable bonds is 3. The van der Waals surface area contributed by atoms with Gasteiger partial charge in [0.25, 0.3) is 0 Å². The Morgan fingerprint density at radius 1 is 0.909 bits per heavy atom. The molecular weight excluding hydrogens is 203 g/mol. The molecule has 0 aliphatic heterocycles. The van der Waals surface area contributed by atoms with E-state index >= 15 is 0 Å². The van der Waals surface area contributed by atoms with Crippen molar-refractivity contribution in [3.63, 3.8) is 0 Å². The van der Waals surface area contributed by atoms with E-state index in [0.29, 0.717) is 0 Å². The van der Waals surface area contributed by atoms with Crippen LogP contribution >= 0.6 is 0 Å². The first kappa shape index (κ1) is 13.0. The molecular formula is C4H6CoO6. The Bertz CT molecular complexity index is 139. The first-order valence-electron chi connectivity index (χ1n) is 2.28. The van der Waals surface area contributed by atoms with Crippen molar-refractivity contribution in [3.05, 3.63) is 0 Å². The average molecular weight is 209 g/mol. The van der Waals surface area contributed by atoms with Gasteiger partial charge in [-0.2, -0.15) is 0 Å². The second-order valence-corrected chi connectivity index (χ2v) is 1.57. The maximum Gasteiger partial charge on any atom is 0.335 e. The Labute approximate surface area is 71.7 Å². The van der Waals surface area contributed by atoms with Gasteiger partial charge in [0.2, 0.25) is 0 Å². The van der Waals surface area contributed by atoms with Gasteiger partial charge in [-0.25, -0.2) is 9.59 Å². The molecule has 0 aromatic rings. The van der Waals surface area contributed by atoms with Crippen LogP contribution in [0.15, 0.2) is 0 Å². The molecule has 0 saturated heterocycles. The van der Waals surface area contributed by atoms with Crippen LogP contribution in [0.1, 0.15) is 0 Å². The fraction of sp³-hybridized carbons (Fsp3) is 0.500. The van der Waals surface area contributed by atoms with Crippen LogP contribution in [0, 0.1) is 0 Å². The molecule has 0 unspecified atom stereocenters. The molecule has 4 N–H and O–H groups in total. The Balaban J connectivity index is 0. The fourth-order valence-corrected chi connectivity index (χ4v) is 0.270. The number of carboxylic acid groups (broad SMARTS) is 2. The predicted molar refractivity (Wildman–Crippen MR) is 27.3 cm³/mol. The van der Waals surface area contributed by atoms with E-state index in [1.54, 1.807) is 0 Å². The molecule has 0 amide bonds. The Hall–Kier alpha value is -0.634. The molecule has 0 aromatic heterocycles. The van der Waals surface area contributed by atoms with Crippen LogP contribution < -0.4 is 0 Å². The summed E-state index contributed by atoms with van der Waals surface area (Å²) >= 11 is 0. The van der Waals surface area contributed by atoms with Gasteiger partial charge in [0, 0.05) is 16.8 Å². The van der Waals surface area contributed by atoms with Crippen LogP contribution in [-0.4, -0.2) is 44.6 Å². The van der Waals surface area contributed by atoms with E-state index in [1.165, 1.54) is 0 Å². The third-order valence-corrected chi connectivity index (χ3v) is 0.805. The Kier molecular flexibility index (Phi) is 5.99. The van der Waals surface area contributed by atoms with Crippen molar-refractivity contribution >= 4 is 11.9 Å². The first-order valence-corrected chi connectivity index (χ1v) is 2.28. The van der Waals surface area contributed by atoms with Crippen molar-refractivity contribution in [3.8, 4) is 0 Å². The number of aliphatic hydroxyl groups excluding tert-OH is 2. The van der Waals surface area contributed by atoms with Crippen molar-refractivity contribution in [1.82, 2.24) is 0 Å². The van der Waals surface area contributed by atoms with Crippen LogP contribution in [0.2, 0.25) is 0 Å². The zero-order chi connectivity index (χ0) is 8.31.